The van der Waals surface area contributed by atoms with Gasteiger partial charge in [-0.05, 0) is 5.56 Å². The molecule has 25 heavy (non-hydrogen) atoms. The molecule has 2 saturated heterocycles. The van der Waals surface area contributed by atoms with E-state index in [2.05, 4.69) is 38.2 Å². The van der Waals surface area contributed by atoms with Crippen molar-refractivity contribution in [1.29, 1.82) is 0 Å². The topological polar surface area (TPSA) is 85.8 Å². The van der Waals surface area contributed by atoms with Gasteiger partial charge in [-0.1, -0.05) is 42.1 Å². The maximum atomic E-state index is 12.8. The Bertz CT molecular complexity index is 696. The summed E-state index contributed by atoms with van der Waals surface area (Å²) in [5, 5.41) is 3.62. The SMILES string of the molecule is O=C1NNC2C1CN(Cc1ccccc1)CC2C(=O)NC1=NCCS1. The Morgan fingerprint density at radius 2 is 2.16 bits per heavy atom. The number of hydrazine groups is 1. The van der Waals surface area contributed by atoms with Crippen LogP contribution in [0.3, 0.4) is 0 Å². The molecule has 2 fully saturated rings. The van der Waals surface area contributed by atoms with Gasteiger partial charge in [0.05, 0.1) is 24.4 Å². The maximum Gasteiger partial charge on any atom is 0.240 e. The molecule has 0 saturated carbocycles. The van der Waals surface area contributed by atoms with E-state index in [4.69, 9.17) is 0 Å². The number of nitrogens with zero attached hydrogens (tertiary/aromatic N) is 2. The molecule has 0 bridgehead atoms. The van der Waals surface area contributed by atoms with Crippen LogP contribution >= 0.6 is 11.8 Å². The largest absolute Gasteiger partial charge is 0.305 e. The van der Waals surface area contributed by atoms with Crippen molar-refractivity contribution >= 4 is 28.7 Å². The van der Waals surface area contributed by atoms with Crippen LogP contribution in [0.4, 0.5) is 0 Å². The number of aliphatic imine (C=N–C) groups is 1. The van der Waals surface area contributed by atoms with E-state index >= 15 is 0 Å². The number of thioether (sulfide) groups is 1. The quantitative estimate of drug-likeness (QED) is 0.705. The van der Waals surface area contributed by atoms with Crippen LogP contribution in [0.5, 0.6) is 0 Å². The third-order valence-corrected chi connectivity index (χ3v) is 5.77. The number of piperidine rings is 1. The Balaban J connectivity index is 1.49. The zero-order valence-electron chi connectivity index (χ0n) is 13.8. The first-order valence-corrected chi connectivity index (χ1v) is 9.49. The molecule has 0 aromatic heterocycles. The van der Waals surface area contributed by atoms with Gasteiger partial charge in [-0.3, -0.25) is 24.9 Å². The Hall–Kier alpha value is -1.90. The second-order valence-corrected chi connectivity index (χ2v) is 7.66. The molecular formula is C17H21N5O2S. The summed E-state index contributed by atoms with van der Waals surface area (Å²) in [6.45, 7) is 2.74. The van der Waals surface area contributed by atoms with Gasteiger partial charge in [-0.15, -0.1) is 0 Å². The van der Waals surface area contributed by atoms with E-state index in [-0.39, 0.29) is 29.7 Å². The zero-order chi connectivity index (χ0) is 17.2. The molecule has 3 aliphatic rings. The lowest BCUT2D eigenvalue weighted by Gasteiger charge is -2.38. The monoisotopic (exact) mass is 359 g/mol. The Morgan fingerprint density at radius 1 is 1.32 bits per heavy atom. The number of likely N-dealkylation sites (tertiary alicyclic amines) is 1. The van der Waals surface area contributed by atoms with E-state index in [1.54, 1.807) is 11.8 Å². The summed E-state index contributed by atoms with van der Waals surface area (Å²) in [4.78, 5) is 31.4. The third-order valence-electron chi connectivity index (χ3n) is 4.88. The highest BCUT2D eigenvalue weighted by atomic mass is 32.2. The van der Waals surface area contributed by atoms with Gasteiger partial charge in [0, 0.05) is 25.4 Å². The first-order chi connectivity index (χ1) is 12.2. The summed E-state index contributed by atoms with van der Waals surface area (Å²) < 4.78 is 0. The summed E-state index contributed by atoms with van der Waals surface area (Å²) in [6, 6.07) is 9.96. The van der Waals surface area contributed by atoms with E-state index < -0.39 is 0 Å². The van der Waals surface area contributed by atoms with Crippen LogP contribution in [0.2, 0.25) is 0 Å². The standard InChI is InChI=1S/C17H21N5O2S/c23-15(19-17-18-6-7-25-17)12-9-22(8-11-4-2-1-3-5-11)10-13-14(12)20-21-16(13)24/h1-5,12-14,20H,6-10H2,(H,21,24)(H,18,19,23). The van der Waals surface area contributed by atoms with Gasteiger partial charge in [0.25, 0.3) is 0 Å². The molecule has 7 nitrogen and oxygen atoms in total. The van der Waals surface area contributed by atoms with Crippen molar-refractivity contribution in [3.8, 4) is 0 Å². The molecule has 2 amide bonds. The lowest BCUT2D eigenvalue weighted by atomic mass is 9.84. The summed E-state index contributed by atoms with van der Waals surface area (Å²) in [7, 11) is 0. The van der Waals surface area contributed by atoms with Gasteiger partial charge >= 0.3 is 0 Å². The molecule has 0 aliphatic carbocycles. The van der Waals surface area contributed by atoms with Crippen molar-refractivity contribution in [2.24, 2.45) is 16.8 Å². The molecule has 3 N–H and O–H groups in total. The molecule has 3 heterocycles. The van der Waals surface area contributed by atoms with E-state index in [9.17, 15) is 9.59 Å². The predicted octanol–water partition coefficient (Wildman–Crippen LogP) is -0.0434. The molecule has 3 atom stereocenters. The van der Waals surface area contributed by atoms with Gasteiger partial charge < -0.3 is 5.32 Å². The van der Waals surface area contributed by atoms with E-state index in [0.29, 0.717) is 18.3 Å². The van der Waals surface area contributed by atoms with Gasteiger partial charge in [-0.2, -0.15) is 0 Å². The highest BCUT2D eigenvalue weighted by Gasteiger charge is 2.47. The van der Waals surface area contributed by atoms with Crippen molar-refractivity contribution in [1.82, 2.24) is 21.1 Å². The van der Waals surface area contributed by atoms with Crippen molar-refractivity contribution < 1.29 is 9.59 Å². The van der Waals surface area contributed by atoms with Gasteiger partial charge in [0.15, 0.2) is 5.17 Å². The number of rotatable bonds is 3. The van der Waals surface area contributed by atoms with Crippen LogP contribution in [0.15, 0.2) is 35.3 Å². The van der Waals surface area contributed by atoms with Crippen LogP contribution in [0.25, 0.3) is 0 Å². The van der Waals surface area contributed by atoms with E-state index in [0.717, 1.165) is 18.8 Å². The van der Waals surface area contributed by atoms with Crippen LogP contribution in [-0.4, -0.2) is 53.3 Å². The lowest BCUT2D eigenvalue weighted by Crippen LogP contribution is -2.57. The first kappa shape index (κ1) is 16.6. The molecule has 132 valence electrons. The molecule has 8 heteroatoms. The number of amidine groups is 1. The number of hydrogen-bond donors (Lipinski definition) is 3. The second kappa shape index (κ2) is 7.15. The highest BCUT2D eigenvalue weighted by Crippen LogP contribution is 2.27. The zero-order valence-corrected chi connectivity index (χ0v) is 14.6. The first-order valence-electron chi connectivity index (χ1n) is 8.50. The molecule has 4 rings (SSSR count). The number of carbonyl (C=O) groups is 2. The van der Waals surface area contributed by atoms with Crippen molar-refractivity contribution in [3.63, 3.8) is 0 Å². The fraction of sp³-hybridized carbons (Fsp3) is 0.471. The van der Waals surface area contributed by atoms with Gasteiger partial charge in [0.1, 0.15) is 0 Å². The number of nitrogens with one attached hydrogen (secondary N) is 3. The molecule has 3 aliphatic heterocycles. The van der Waals surface area contributed by atoms with E-state index in [1.165, 1.54) is 5.56 Å². The number of hydrogen-bond acceptors (Lipinski definition) is 6. The smallest absolute Gasteiger partial charge is 0.240 e. The second-order valence-electron chi connectivity index (χ2n) is 6.58. The fourth-order valence-corrected chi connectivity index (χ4v) is 4.39. The maximum absolute atomic E-state index is 12.8. The Morgan fingerprint density at radius 3 is 2.92 bits per heavy atom. The normalized spacial score (nSPS) is 29.0. The third kappa shape index (κ3) is 3.56. The Kier molecular flexibility index (Phi) is 4.74. The Labute approximate surface area is 150 Å². The molecular weight excluding hydrogens is 338 g/mol. The van der Waals surface area contributed by atoms with Crippen LogP contribution in [0, 0.1) is 11.8 Å². The molecule has 1 aromatic rings. The van der Waals surface area contributed by atoms with Gasteiger partial charge in [0.2, 0.25) is 11.8 Å². The summed E-state index contributed by atoms with van der Waals surface area (Å²) in [5.41, 5.74) is 6.89. The lowest BCUT2D eigenvalue weighted by molar-refractivity contribution is -0.129. The molecule has 1 aromatic carbocycles. The minimum atomic E-state index is -0.301. The minimum absolute atomic E-state index is 0.0341. The highest BCUT2D eigenvalue weighted by molar-refractivity contribution is 8.14. The summed E-state index contributed by atoms with van der Waals surface area (Å²) in [6.07, 6.45) is 0. The number of amides is 2. The molecule has 0 spiro atoms. The number of benzene rings is 1. The average Bonchev–Trinajstić information content (AvgIpc) is 3.26. The summed E-state index contributed by atoms with van der Waals surface area (Å²) in [5.74, 6) is 0.292. The van der Waals surface area contributed by atoms with Crippen LogP contribution in [0.1, 0.15) is 5.56 Å². The molecule has 0 radical (unpaired) electrons. The van der Waals surface area contributed by atoms with Gasteiger partial charge in [-0.25, -0.2) is 5.43 Å². The van der Waals surface area contributed by atoms with Crippen molar-refractivity contribution in [2.75, 3.05) is 25.4 Å². The van der Waals surface area contributed by atoms with Crippen LogP contribution < -0.4 is 16.2 Å². The predicted molar refractivity (Wildman–Crippen MR) is 96.7 cm³/mol. The molecule has 3 unspecified atom stereocenters. The average molecular weight is 359 g/mol. The number of fused-ring (bicyclic) bond motifs is 1. The number of carbonyl (C=O) groups excluding carboxylic acids is 2. The van der Waals surface area contributed by atoms with Crippen molar-refractivity contribution in [2.45, 2.75) is 12.6 Å². The van der Waals surface area contributed by atoms with Crippen molar-refractivity contribution in [3.05, 3.63) is 35.9 Å². The fourth-order valence-electron chi connectivity index (χ4n) is 3.66. The summed E-state index contributed by atoms with van der Waals surface area (Å²) >= 11 is 1.57. The van der Waals surface area contributed by atoms with Crippen LogP contribution in [-0.2, 0) is 16.1 Å². The van der Waals surface area contributed by atoms with E-state index in [1.807, 2.05) is 18.2 Å². The minimum Gasteiger partial charge on any atom is -0.305 e.